The molecule has 0 atom stereocenters. The van der Waals surface area contributed by atoms with Crippen LogP contribution in [0.3, 0.4) is 0 Å². The van der Waals surface area contributed by atoms with E-state index in [1.807, 2.05) is 66.7 Å². The van der Waals surface area contributed by atoms with E-state index in [9.17, 15) is 9.59 Å². The van der Waals surface area contributed by atoms with Crippen molar-refractivity contribution in [3.8, 4) is 11.5 Å². The fourth-order valence-corrected chi connectivity index (χ4v) is 4.22. The van der Waals surface area contributed by atoms with E-state index < -0.39 is 5.97 Å². The van der Waals surface area contributed by atoms with Crippen molar-refractivity contribution in [1.82, 2.24) is 0 Å². The average Bonchev–Trinajstić information content (AvgIpc) is 3.10. The van der Waals surface area contributed by atoms with Crippen LogP contribution in [-0.4, -0.2) is 25.2 Å². The fourth-order valence-electron chi connectivity index (χ4n) is 4.22. The minimum Gasteiger partial charge on any atom is -0.494 e. The van der Waals surface area contributed by atoms with Gasteiger partial charge in [-0.05, 0) is 105 Å². The number of anilines is 4. The van der Waals surface area contributed by atoms with Crippen LogP contribution in [0.1, 0.15) is 43.0 Å². The number of benzene rings is 5. The van der Waals surface area contributed by atoms with Crippen LogP contribution in [0.15, 0.2) is 127 Å². The Kier molecular flexibility index (Phi) is 14.9. The molecule has 0 aliphatic carbocycles. The minimum absolute atomic E-state index is 0.339. The number of esters is 2. The maximum Gasteiger partial charge on any atom is 0.343 e. The Balaban J connectivity index is 0.000000264. The molecule has 0 radical (unpaired) electrons. The van der Waals surface area contributed by atoms with Crippen LogP contribution < -0.4 is 32.4 Å². The van der Waals surface area contributed by atoms with Crippen LogP contribution in [-0.2, 0) is 9.53 Å². The van der Waals surface area contributed by atoms with Gasteiger partial charge in [-0.2, -0.15) is 0 Å². The highest BCUT2D eigenvalue weighted by atomic mass is 16.5. The molecule has 0 saturated heterocycles. The number of carbonyl (C=O) groups is 2. The standard InChI is InChI=1S/C23H27NO5.C10H10N2.C6H7N/c1-17(2)22(25)28-16-6-4-3-5-15-27-20-11-7-18(8-12-20)23(26)29-21-13-9-19(24)10-14-21;11-9-5-6-10(12)8-4-2-1-3-7(8)9;7-6-4-2-1-3-5-6/h7-14H,1,3-6,15-16,24H2,2H3;1-6H,11-12H2;1-5H,7H2. The number of ether oxygens (including phenoxy) is 3. The Labute approximate surface area is 282 Å². The largest absolute Gasteiger partial charge is 0.494 e. The number of para-hydroxylation sites is 1. The summed E-state index contributed by atoms with van der Waals surface area (Å²) in [6.45, 7) is 6.17. The second kappa shape index (κ2) is 19.5. The smallest absolute Gasteiger partial charge is 0.343 e. The van der Waals surface area contributed by atoms with Gasteiger partial charge in [0.25, 0.3) is 0 Å². The minimum atomic E-state index is -0.436. The molecule has 0 spiro atoms. The number of rotatable bonds is 11. The Morgan fingerprint density at radius 1 is 0.583 bits per heavy atom. The normalized spacial score (nSPS) is 10.0. The molecular weight excluding hydrogens is 604 g/mol. The Morgan fingerprint density at radius 2 is 1.08 bits per heavy atom. The molecule has 5 aromatic rings. The van der Waals surface area contributed by atoms with Gasteiger partial charge in [-0.25, -0.2) is 9.59 Å². The Bertz CT molecular complexity index is 1700. The summed E-state index contributed by atoms with van der Waals surface area (Å²) in [4.78, 5) is 23.4. The number of hydrogen-bond donors (Lipinski definition) is 4. The third-order valence-corrected chi connectivity index (χ3v) is 6.86. The molecule has 0 saturated carbocycles. The van der Waals surface area contributed by atoms with Gasteiger partial charge in [0.2, 0.25) is 0 Å². The molecule has 9 nitrogen and oxygen atoms in total. The highest BCUT2D eigenvalue weighted by Crippen LogP contribution is 2.25. The van der Waals surface area contributed by atoms with E-state index in [2.05, 4.69) is 6.58 Å². The van der Waals surface area contributed by atoms with Crippen molar-refractivity contribution in [3.63, 3.8) is 0 Å². The van der Waals surface area contributed by atoms with E-state index in [1.54, 1.807) is 55.5 Å². The summed E-state index contributed by atoms with van der Waals surface area (Å²) in [6, 6.07) is 34.5. The topological polar surface area (TPSA) is 166 Å². The lowest BCUT2D eigenvalue weighted by Crippen LogP contribution is -2.08. The predicted molar refractivity (Wildman–Crippen MR) is 196 cm³/mol. The second-order valence-electron chi connectivity index (χ2n) is 10.9. The summed E-state index contributed by atoms with van der Waals surface area (Å²) in [5.74, 6) is 0.367. The monoisotopic (exact) mass is 648 g/mol. The molecular formula is C39H44N4O5. The number of nitrogen functional groups attached to an aromatic ring is 4. The number of unbranched alkanes of at least 4 members (excludes halogenated alkanes) is 3. The molecule has 5 aromatic carbocycles. The van der Waals surface area contributed by atoms with Crippen molar-refractivity contribution < 1.29 is 23.8 Å². The number of hydrogen-bond acceptors (Lipinski definition) is 9. The number of nitrogens with two attached hydrogens (primary N) is 4. The van der Waals surface area contributed by atoms with E-state index in [-0.39, 0.29) is 5.97 Å². The van der Waals surface area contributed by atoms with Crippen LogP contribution in [0, 0.1) is 0 Å². The lowest BCUT2D eigenvalue weighted by molar-refractivity contribution is -0.139. The zero-order valence-electron chi connectivity index (χ0n) is 27.3. The highest BCUT2D eigenvalue weighted by Gasteiger charge is 2.09. The van der Waals surface area contributed by atoms with Crippen molar-refractivity contribution in [2.45, 2.75) is 32.6 Å². The van der Waals surface area contributed by atoms with Crippen LogP contribution >= 0.6 is 0 Å². The van der Waals surface area contributed by atoms with E-state index >= 15 is 0 Å². The first kappa shape index (κ1) is 36.5. The average molecular weight is 649 g/mol. The summed E-state index contributed by atoms with van der Waals surface area (Å²) in [5.41, 5.74) is 26.4. The zero-order valence-corrected chi connectivity index (χ0v) is 27.3. The molecule has 0 fully saturated rings. The van der Waals surface area contributed by atoms with E-state index in [4.69, 9.17) is 37.1 Å². The van der Waals surface area contributed by atoms with E-state index in [0.29, 0.717) is 41.5 Å². The van der Waals surface area contributed by atoms with Crippen molar-refractivity contribution >= 4 is 45.5 Å². The van der Waals surface area contributed by atoms with E-state index in [1.165, 1.54) is 0 Å². The molecule has 0 aliphatic rings. The summed E-state index contributed by atoms with van der Waals surface area (Å²) in [5, 5.41) is 2.05. The van der Waals surface area contributed by atoms with Gasteiger partial charge in [0.15, 0.2) is 0 Å². The Hall–Kier alpha value is -5.96. The molecule has 0 aliphatic heterocycles. The predicted octanol–water partition coefficient (Wildman–Crippen LogP) is 7.82. The number of carbonyl (C=O) groups excluding carboxylic acids is 2. The van der Waals surface area contributed by atoms with Gasteiger partial charge in [0, 0.05) is 39.1 Å². The van der Waals surface area contributed by atoms with E-state index in [0.717, 1.165) is 53.5 Å². The van der Waals surface area contributed by atoms with Crippen LogP contribution in [0.25, 0.3) is 10.8 Å². The molecule has 5 rings (SSSR count). The molecule has 9 heteroatoms. The molecule has 250 valence electrons. The summed E-state index contributed by atoms with van der Waals surface area (Å²) >= 11 is 0. The number of fused-ring (bicyclic) bond motifs is 1. The van der Waals surface area contributed by atoms with Crippen molar-refractivity contribution in [2.24, 2.45) is 0 Å². The third-order valence-electron chi connectivity index (χ3n) is 6.86. The third kappa shape index (κ3) is 12.8. The second-order valence-corrected chi connectivity index (χ2v) is 10.9. The summed E-state index contributed by atoms with van der Waals surface area (Å²) < 4.78 is 16.0. The lowest BCUT2D eigenvalue weighted by Gasteiger charge is -2.08. The van der Waals surface area contributed by atoms with Crippen LogP contribution in [0.2, 0.25) is 0 Å². The first-order valence-electron chi connectivity index (χ1n) is 15.6. The van der Waals surface area contributed by atoms with Gasteiger partial charge < -0.3 is 37.1 Å². The summed E-state index contributed by atoms with van der Waals surface area (Å²) in [7, 11) is 0. The van der Waals surface area contributed by atoms with Crippen molar-refractivity contribution in [2.75, 3.05) is 36.1 Å². The van der Waals surface area contributed by atoms with Gasteiger partial charge in [-0.1, -0.05) is 49.0 Å². The SMILES string of the molecule is C=C(C)C(=O)OCCCCCCOc1ccc(C(=O)Oc2ccc(N)cc2)cc1.Nc1ccc(N)c2ccccc12.Nc1ccccc1. The molecule has 0 amide bonds. The van der Waals surface area contributed by atoms with Gasteiger partial charge in [-0.15, -0.1) is 0 Å². The maximum atomic E-state index is 12.1. The first-order chi connectivity index (χ1) is 23.1. The first-order valence-corrected chi connectivity index (χ1v) is 15.6. The van der Waals surface area contributed by atoms with Crippen LogP contribution in [0.4, 0.5) is 22.7 Å². The highest BCUT2D eigenvalue weighted by molar-refractivity contribution is 6.00. The molecule has 8 N–H and O–H groups in total. The zero-order chi connectivity index (χ0) is 34.7. The fraction of sp³-hybridized carbons (Fsp3) is 0.179. The van der Waals surface area contributed by atoms with Crippen molar-refractivity contribution in [3.05, 3.63) is 133 Å². The van der Waals surface area contributed by atoms with Gasteiger partial charge in [-0.3, -0.25) is 0 Å². The molecule has 0 unspecified atom stereocenters. The summed E-state index contributed by atoms with van der Waals surface area (Å²) in [6.07, 6.45) is 3.67. The molecule has 0 heterocycles. The Morgan fingerprint density at radius 3 is 1.60 bits per heavy atom. The lowest BCUT2D eigenvalue weighted by atomic mass is 10.1. The molecule has 0 aromatic heterocycles. The molecule has 48 heavy (non-hydrogen) atoms. The van der Waals surface area contributed by atoms with Gasteiger partial charge in [0.1, 0.15) is 11.5 Å². The quantitative estimate of drug-likeness (QED) is 0.0367. The maximum absolute atomic E-state index is 12.1. The van der Waals surface area contributed by atoms with Gasteiger partial charge >= 0.3 is 11.9 Å². The van der Waals surface area contributed by atoms with Gasteiger partial charge in [0.05, 0.1) is 18.8 Å². The van der Waals surface area contributed by atoms with Crippen molar-refractivity contribution in [1.29, 1.82) is 0 Å². The van der Waals surface area contributed by atoms with Crippen LogP contribution in [0.5, 0.6) is 11.5 Å². The molecule has 0 bridgehead atoms.